The Morgan fingerprint density at radius 1 is 0.549 bits per heavy atom. The first-order valence-electron chi connectivity index (χ1n) is 39.4. The molecule has 122 heavy (non-hydrogen) atoms. The molecule has 40 heteroatoms. The number of nitrogens with zero attached hydrogens (tertiary/aromatic N) is 2. The lowest BCUT2D eigenvalue weighted by Gasteiger charge is -2.31. The van der Waals surface area contributed by atoms with Crippen LogP contribution in [-0.2, 0) is 105 Å². The van der Waals surface area contributed by atoms with E-state index in [1.54, 1.807) is 50.2 Å². The molecule has 21 N–H and O–H groups in total. The van der Waals surface area contributed by atoms with Crippen LogP contribution in [0.25, 0.3) is 10.8 Å². The normalized spacial score (nSPS) is 16.0. The molecule has 0 radical (unpaired) electrons. The third kappa shape index (κ3) is 32.5. The Labute approximate surface area is 709 Å². The molecule has 6 aromatic rings. The fourth-order valence-electron chi connectivity index (χ4n) is 13.4. The number of amides is 17. The van der Waals surface area contributed by atoms with Crippen LogP contribution >= 0.6 is 11.6 Å². The number of likely N-dealkylation sites (tertiary alicyclic amines) is 1. The number of hydrogen-bond donors (Lipinski definition) is 19. The maximum Gasteiger partial charge on any atom is 0.394 e. The quantitative estimate of drug-likeness (QED) is 0.0187. The van der Waals surface area contributed by atoms with Gasteiger partial charge in [0.2, 0.25) is 76.8 Å². The van der Waals surface area contributed by atoms with Crippen molar-refractivity contribution in [1.82, 2.24) is 73.7 Å². The second-order valence-electron chi connectivity index (χ2n) is 30.2. The zero-order chi connectivity index (χ0) is 89.5. The van der Waals surface area contributed by atoms with Gasteiger partial charge in [-0.25, -0.2) is 9.59 Å². The van der Waals surface area contributed by atoms with Crippen molar-refractivity contribution in [2.75, 3.05) is 30.3 Å². The van der Waals surface area contributed by atoms with E-state index in [1.165, 1.54) is 79.7 Å². The van der Waals surface area contributed by atoms with Gasteiger partial charge in [0.25, 0.3) is 0 Å². The molecular weight excluding hydrogens is 1620 g/mol. The summed E-state index contributed by atoms with van der Waals surface area (Å²) in [6, 6.07) is 17.3. The Kier molecular flexibility index (Phi) is 37.1. The number of carbonyl (C=O) groups excluding carboxylic acids is 15. The van der Waals surface area contributed by atoms with E-state index in [-0.39, 0.29) is 86.8 Å². The highest BCUT2D eigenvalue weighted by molar-refractivity contribution is 7.79. The number of aliphatic hydroxyl groups excluding tert-OH is 1. The molecule has 3 heterocycles. The molecule has 38 nitrogen and oxygen atoms in total. The Morgan fingerprint density at radius 2 is 1.02 bits per heavy atom. The topological polar surface area (TPSA) is 587 Å². The maximum absolute atomic E-state index is 15.5. The number of carbonyl (C=O) groups is 15. The summed E-state index contributed by atoms with van der Waals surface area (Å²) >= 11 is 6.27. The van der Waals surface area contributed by atoms with Crippen LogP contribution in [0.4, 0.5) is 21.0 Å². The van der Waals surface area contributed by atoms with Crippen LogP contribution in [-0.4, -0.2) is 214 Å². The first kappa shape index (κ1) is 96.6. The molecule has 2 saturated heterocycles. The standard InChI is InChI=1S/C82H103ClN18O16.H2O4S/c1-45(2)35-60(72(107)92-59(16-9-10-33-87-46(3)4)80(115)101-34-12-17-68(101)79(114)88-47(5)70(84)105)93-74(109)63(38-51-23-30-58(31-24-51)91-81(85)116)95-76(111)64(39-50-21-28-57(29-22-50)90-71(106)66-42-69(104)100-82(117)99-66)97-78(113)67(44-102)98-77(112)65(41-53-13-11-32-86-43-53)96-75(110)62(37-49-19-26-56(83)27-20-49)94-73(108)61(89-48(6)103)40-52-18-25-54-14-7-8-15-55(54)36-52;1-5(2,3)4/h7-8,11,13-15,18-32,36,43,45-47,59-68,87,102H,9-10,12,16-17,33-35,37-42,44H2,1-6H3,(H2,84,105)(H,88,114)(H,89,103)(H,90,106)(H,92,107)(H,93,109)(H,94,108)(H,95,111)(H,96,110)(H,97,113)(H,98,112)(H3,85,91,116)(H2,99,100,104,117);(H2,1,2,3,4)/t47-,59+,60+,61-,62-,63-,64+,65-,66+,67+,68+;/m1./s1. The lowest BCUT2D eigenvalue weighted by atomic mass is 9.99. The first-order valence-corrected chi connectivity index (χ1v) is 41.2. The van der Waals surface area contributed by atoms with Crippen molar-refractivity contribution in [3.63, 3.8) is 0 Å². The van der Waals surface area contributed by atoms with Crippen molar-refractivity contribution in [1.29, 1.82) is 0 Å². The molecule has 0 saturated carbocycles. The third-order valence-electron chi connectivity index (χ3n) is 19.4. The van der Waals surface area contributed by atoms with Gasteiger partial charge in [-0.2, -0.15) is 8.42 Å². The highest BCUT2D eigenvalue weighted by Gasteiger charge is 2.41. The van der Waals surface area contributed by atoms with Crippen molar-refractivity contribution in [3.05, 3.63) is 173 Å². The summed E-state index contributed by atoms with van der Waals surface area (Å²) in [6.07, 6.45) is 3.04. The number of imide groups is 1. The third-order valence-corrected chi connectivity index (χ3v) is 19.7. The molecular formula is C82H105ClN18O20S. The molecule has 17 amide bonds. The summed E-state index contributed by atoms with van der Waals surface area (Å²) < 4.78 is 31.6. The zero-order valence-corrected chi connectivity index (χ0v) is 69.6. The van der Waals surface area contributed by atoms with Crippen molar-refractivity contribution in [2.24, 2.45) is 17.4 Å². The number of benzene rings is 5. The molecule has 1 aromatic heterocycles. The Hall–Kier alpha value is -12.6. The summed E-state index contributed by atoms with van der Waals surface area (Å²) in [4.78, 5) is 213. The fourth-order valence-corrected chi connectivity index (χ4v) is 13.5. The van der Waals surface area contributed by atoms with Gasteiger partial charge in [-0.3, -0.25) is 81.7 Å². The number of fused-ring (bicyclic) bond motifs is 1. The van der Waals surface area contributed by atoms with Crippen LogP contribution < -0.4 is 85.9 Å². The van der Waals surface area contributed by atoms with E-state index < -0.39 is 179 Å². The summed E-state index contributed by atoms with van der Waals surface area (Å²) in [5, 5.41) is 50.4. The number of pyridine rings is 1. The van der Waals surface area contributed by atoms with Gasteiger partial charge in [0, 0.05) is 80.4 Å². The van der Waals surface area contributed by atoms with Gasteiger partial charge in [0.1, 0.15) is 66.5 Å². The van der Waals surface area contributed by atoms with E-state index in [2.05, 4.69) is 74.1 Å². The Morgan fingerprint density at radius 3 is 1.51 bits per heavy atom. The monoisotopic (exact) mass is 1730 g/mol. The molecule has 0 spiro atoms. The minimum Gasteiger partial charge on any atom is -0.394 e. The van der Waals surface area contributed by atoms with E-state index in [4.69, 9.17) is 40.6 Å². The lowest BCUT2D eigenvalue weighted by molar-refractivity contribution is -0.142. The van der Waals surface area contributed by atoms with Crippen LogP contribution in [0.3, 0.4) is 0 Å². The molecule has 8 rings (SSSR count). The van der Waals surface area contributed by atoms with E-state index in [0.29, 0.717) is 53.1 Å². The second-order valence-corrected chi connectivity index (χ2v) is 31.5. The zero-order valence-electron chi connectivity index (χ0n) is 68.0. The van der Waals surface area contributed by atoms with Gasteiger partial charge < -0.3 is 90.6 Å². The second kappa shape index (κ2) is 46.9. The van der Waals surface area contributed by atoms with E-state index >= 15 is 14.4 Å². The number of halogens is 1. The average molecular weight is 1730 g/mol. The van der Waals surface area contributed by atoms with Crippen LogP contribution in [0.1, 0.15) is 114 Å². The van der Waals surface area contributed by atoms with Crippen LogP contribution in [0.15, 0.2) is 140 Å². The summed E-state index contributed by atoms with van der Waals surface area (Å²) in [5.74, 6) is -11.0. The summed E-state index contributed by atoms with van der Waals surface area (Å²) in [5.41, 5.74) is 13.6. The Bertz CT molecular complexity index is 4800. The Balaban J connectivity index is 0.00000397. The number of nitrogens with two attached hydrogens (primary N) is 2. The molecule has 5 aromatic carbocycles. The average Bonchev–Trinajstić information content (AvgIpc) is 1.33. The van der Waals surface area contributed by atoms with Crippen molar-refractivity contribution in [2.45, 2.75) is 191 Å². The lowest BCUT2D eigenvalue weighted by Crippen LogP contribution is -2.62. The van der Waals surface area contributed by atoms with E-state index in [0.717, 1.165) is 10.8 Å². The van der Waals surface area contributed by atoms with E-state index in [1.807, 2.05) is 61.6 Å². The van der Waals surface area contributed by atoms with Crippen LogP contribution in [0.2, 0.25) is 5.02 Å². The smallest absolute Gasteiger partial charge is 0.394 e. The molecule has 2 aliphatic rings. The van der Waals surface area contributed by atoms with E-state index in [9.17, 15) is 62.6 Å². The maximum atomic E-state index is 15.5. The predicted octanol–water partition coefficient (Wildman–Crippen LogP) is 0.862. The largest absolute Gasteiger partial charge is 0.394 e. The summed E-state index contributed by atoms with van der Waals surface area (Å²) in [7, 11) is -4.67. The van der Waals surface area contributed by atoms with Gasteiger partial charge in [-0.1, -0.05) is 124 Å². The number of rotatable bonds is 41. The van der Waals surface area contributed by atoms with Crippen molar-refractivity contribution >= 4 is 133 Å². The minimum absolute atomic E-state index is 0.00410. The molecule has 656 valence electrons. The van der Waals surface area contributed by atoms with Crippen molar-refractivity contribution < 1.29 is 94.5 Å². The first-order chi connectivity index (χ1) is 57.8. The molecule has 11 atom stereocenters. The van der Waals surface area contributed by atoms with Gasteiger partial charge >= 0.3 is 22.5 Å². The number of primary amides is 2. The fraction of sp³-hybridized carbons (Fsp3) is 0.415. The highest BCUT2D eigenvalue weighted by Crippen LogP contribution is 2.24. The number of anilines is 2. The van der Waals surface area contributed by atoms with Crippen LogP contribution in [0.5, 0.6) is 0 Å². The van der Waals surface area contributed by atoms with Crippen molar-refractivity contribution in [3.8, 4) is 0 Å². The van der Waals surface area contributed by atoms with Gasteiger partial charge in [0.15, 0.2) is 0 Å². The van der Waals surface area contributed by atoms with Gasteiger partial charge in [-0.15, -0.1) is 0 Å². The van der Waals surface area contributed by atoms with Gasteiger partial charge in [-0.05, 0) is 139 Å². The predicted molar refractivity (Wildman–Crippen MR) is 448 cm³/mol. The number of urea groups is 2. The summed E-state index contributed by atoms with van der Waals surface area (Å²) in [6.45, 7) is 9.74. The molecule has 0 unspecified atom stereocenters. The number of unbranched alkanes of at least 4 members (excludes halogenated alkanes) is 1. The molecule has 0 bridgehead atoms. The minimum atomic E-state index is -4.67. The van der Waals surface area contributed by atoms with Crippen LogP contribution in [0, 0.1) is 5.92 Å². The number of aromatic nitrogens is 1. The number of nitrogens with one attached hydrogen (secondary N) is 14. The number of aliphatic hydroxyl groups is 1. The SMILES string of the molecule is CC(=O)N[C@H](Cc1ccc2ccccc2c1)C(=O)N[C@H](Cc1ccc(Cl)cc1)C(=O)N[C@H](Cc1cccnc1)C(=O)N[C@@H](CO)C(=O)N[C@@H](Cc1ccc(NC(=O)[C@@H]2CC(=O)NC(=O)N2)cc1)C(=O)N[C@H](Cc1ccc(NC(N)=O)cc1)C(=O)N[C@@H](CC(C)C)C(=O)N[C@@H](CCCCNC(C)C)C(=O)N1CCC[C@H]1C(=O)N[C@H](C)C(N)=O.O=S(=O)(O)O. The number of hydrogen-bond acceptors (Lipinski definition) is 20. The molecule has 2 aliphatic heterocycles. The molecule has 0 aliphatic carbocycles. The highest BCUT2D eigenvalue weighted by atomic mass is 35.5. The van der Waals surface area contributed by atoms with Gasteiger partial charge in [0.05, 0.1) is 13.0 Å². The molecule has 2 fully saturated rings.